The number of oxazole rings is 1. The minimum absolute atomic E-state index is 0.00711. The Morgan fingerprint density at radius 3 is 2.49 bits per heavy atom. The predicted octanol–water partition coefficient (Wildman–Crippen LogP) is 6.60. The maximum atomic E-state index is 13.1. The molecule has 2 N–H and O–H groups in total. The second-order valence-electron chi connectivity index (χ2n) is 12.1. The molecule has 0 radical (unpaired) electrons. The van der Waals surface area contributed by atoms with Gasteiger partial charge in [-0.1, -0.05) is 19.4 Å². The number of esters is 1. The molecule has 1 atom stereocenters. The number of alkyl carbamates (subject to hydrolysis) is 1. The highest BCUT2D eigenvalue weighted by Crippen LogP contribution is 2.37. The monoisotopic (exact) mass is 658 g/mol. The van der Waals surface area contributed by atoms with Gasteiger partial charge in [0.25, 0.3) is 5.91 Å². The molecular formula is C33H40F2N4O8. The number of carbonyl (C=O) groups excluding carboxylic acids is 3. The molecule has 0 spiro atoms. The van der Waals surface area contributed by atoms with E-state index in [4.69, 9.17) is 18.6 Å². The van der Waals surface area contributed by atoms with Crippen molar-refractivity contribution in [3.05, 3.63) is 59.2 Å². The number of aromatic nitrogens is 2. The van der Waals surface area contributed by atoms with Gasteiger partial charge < -0.3 is 34.0 Å². The summed E-state index contributed by atoms with van der Waals surface area (Å²) in [6.45, 7) is 6.19. The second kappa shape index (κ2) is 15.7. The van der Waals surface area contributed by atoms with Gasteiger partial charge in [-0.3, -0.25) is 4.79 Å². The highest BCUT2D eigenvalue weighted by Gasteiger charge is 2.27. The third-order valence-corrected chi connectivity index (χ3v) is 6.77. The second-order valence-corrected chi connectivity index (χ2v) is 12.1. The van der Waals surface area contributed by atoms with Gasteiger partial charge in [0, 0.05) is 5.56 Å². The van der Waals surface area contributed by atoms with Gasteiger partial charge in [-0.05, 0) is 83.2 Å². The topological polar surface area (TPSA) is 151 Å². The van der Waals surface area contributed by atoms with E-state index in [0.29, 0.717) is 24.5 Å². The van der Waals surface area contributed by atoms with E-state index in [2.05, 4.69) is 25.3 Å². The minimum atomic E-state index is -3.05. The van der Waals surface area contributed by atoms with Crippen LogP contribution >= 0.6 is 0 Å². The molecule has 254 valence electrons. The maximum Gasteiger partial charge on any atom is 0.408 e. The first kappa shape index (κ1) is 35.1. The number of carbonyl (C=O) groups is 3. The number of hydrogen-bond donors (Lipinski definition) is 2. The molecule has 1 unspecified atom stereocenters. The third-order valence-electron chi connectivity index (χ3n) is 6.77. The fourth-order valence-corrected chi connectivity index (χ4v) is 4.25. The van der Waals surface area contributed by atoms with Gasteiger partial charge in [-0.15, -0.1) is 0 Å². The van der Waals surface area contributed by atoms with Gasteiger partial charge >= 0.3 is 18.7 Å². The SMILES string of the molecule is CCCCOC(=O)c1cccc(C(=O)NCc2nc(-c3ccc(OC(F)F)c(OCC4CC4)c3)oc2C(C)NC(=O)OC(C)(C)C)n1. The zero-order chi connectivity index (χ0) is 34.1. The van der Waals surface area contributed by atoms with Crippen LogP contribution in [0.5, 0.6) is 11.5 Å². The van der Waals surface area contributed by atoms with Crippen LogP contribution in [0.4, 0.5) is 13.6 Å². The zero-order valence-electron chi connectivity index (χ0n) is 27.1. The van der Waals surface area contributed by atoms with Gasteiger partial charge in [0.15, 0.2) is 17.3 Å². The minimum Gasteiger partial charge on any atom is -0.489 e. The molecule has 3 aromatic rings. The van der Waals surface area contributed by atoms with Crippen molar-refractivity contribution in [3.63, 3.8) is 0 Å². The van der Waals surface area contributed by atoms with Gasteiger partial charge in [-0.25, -0.2) is 19.6 Å². The standard InChI is InChI=1S/C33H40F2N4O8/c1-6-7-15-43-30(41)23-10-8-9-22(38-23)28(40)36-17-24-27(19(2)37-32(42)47-33(3,4)5)46-29(39-24)21-13-14-25(45-31(34)35)26(16-21)44-18-20-11-12-20/h8-10,13-14,16,19-20,31H,6-7,11-12,15,17-18H2,1-5H3,(H,36,40)(H,37,42). The van der Waals surface area contributed by atoms with Crippen LogP contribution in [0.1, 0.15) is 98.8 Å². The van der Waals surface area contributed by atoms with Crippen LogP contribution in [0, 0.1) is 5.92 Å². The maximum absolute atomic E-state index is 13.1. The van der Waals surface area contributed by atoms with Crippen LogP contribution in [-0.4, -0.2) is 53.4 Å². The number of amides is 2. The quantitative estimate of drug-likeness (QED) is 0.135. The van der Waals surface area contributed by atoms with Gasteiger partial charge in [0.2, 0.25) is 5.89 Å². The molecule has 0 aliphatic heterocycles. The lowest BCUT2D eigenvalue weighted by atomic mass is 10.2. The van der Waals surface area contributed by atoms with Crippen LogP contribution in [0.25, 0.3) is 11.5 Å². The number of ether oxygens (including phenoxy) is 4. The average Bonchev–Trinajstić information content (AvgIpc) is 3.74. The van der Waals surface area contributed by atoms with E-state index in [1.54, 1.807) is 27.7 Å². The number of halogens is 2. The van der Waals surface area contributed by atoms with Crippen molar-refractivity contribution in [1.29, 1.82) is 0 Å². The summed E-state index contributed by atoms with van der Waals surface area (Å²) in [5.41, 5.74) is -0.132. The molecule has 1 aliphatic rings. The highest BCUT2D eigenvalue weighted by molar-refractivity contribution is 5.94. The third kappa shape index (κ3) is 10.6. The molecule has 2 amide bonds. The van der Waals surface area contributed by atoms with Crippen molar-refractivity contribution in [2.75, 3.05) is 13.2 Å². The number of alkyl halides is 2. The van der Waals surface area contributed by atoms with Gasteiger partial charge in [0.05, 0.1) is 25.8 Å². The molecule has 0 bridgehead atoms. The Kier molecular flexibility index (Phi) is 11.7. The molecule has 14 heteroatoms. The summed E-state index contributed by atoms with van der Waals surface area (Å²) < 4.78 is 53.2. The number of pyridine rings is 1. The summed E-state index contributed by atoms with van der Waals surface area (Å²) in [4.78, 5) is 46.7. The molecule has 0 saturated heterocycles. The van der Waals surface area contributed by atoms with Crippen LogP contribution in [0.2, 0.25) is 0 Å². The normalized spacial score (nSPS) is 13.5. The van der Waals surface area contributed by atoms with E-state index in [0.717, 1.165) is 19.3 Å². The van der Waals surface area contributed by atoms with Gasteiger partial charge in [0.1, 0.15) is 22.7 Å². The number of benzene rings is 1. The Morgan fingerprint density at radius 1 is 1.06 bits per heavy atom. The van der Waals surface area contributed by atoms with Crippen molar-refractivity contribution >= 4 is 18.0 Å². The lowest BCUT2D eigenvalue weighted by Gasteiger charge is -2.21. The number of rotatable bonds is 15. The Balaban J connectivity index is 1.58. The van der Waals surface area contributed by atoms with Gasteiger partial charge in [-0.2, -0.15) is 8.78 Å². The van der Waals surface area contributed by atoms with Crippen LogP contribution < -0.4 is 20.1 Å². The van der Waals surface area contributed by atoms with Crippen molar-refractivity contribution in [3.8, 4) is 23.0 Å². The van der Waals surface area contributed by atoms with E-state index in [-0.39, 0.29) is 53.4 Å². The zero-order valence-corrected chi connectivity index (χ0v) is 27.1. The van der Waals surface area contributed by atoms with Crippen molar-refractivity contribution in [2.45, 2.75) is 85.1 Å². The smallest absolute Gasteiger partial charge is 0.408 e. The van der Waals surface area contributed by atoms with Crippen LogP contribution in [0.15, 0.2) is 40.8 Å². The van der Waals surface area contributed by atoms with Crippen LogP contribution in [-0.2, 0) is 16.0 Å². The largest absolute Gasteiger partial charge is 0.489 e. The average molecular weight is 659 g/mol. The fraction of sp³-hybridized carbons (Fsp3) is 0.485. The Labute approximate surface area is 271 Å². The molecular weight excluding hydrogens is 618 g/mol. The predicted molar refractivity (Wildman–Crippen MR) is 165 cm³/mol. The summed E-state index contributed by atoms with van der Waals surface area (Å²) in [5, 5.41) is 5.42. The van der Waals surface area contributed by atoms with E-state index in [9.17, 15) is 23.2 Å². The molecule has 1 saturated carbocycles. The lowest BCUT2D eigenvalue weighted by molar-refractivity contribution is -0.0515. The van der Waals surface area contributed by atoms with E-state index in [1.807, 2.05) is 6.92 Å². The molecule has 1 aromatic carbocycles. The molecule has 2 heterocycles. The van der Waals surface area contributed by atoms with Crippen LogP contribution in [0.3, 0.4) is 0 Å². The number of hydrogen-bond acceptors (Lipinski definition) is 10. The Bertz CT molecular complexity index is 1550. The number of nitrogens with zero attached hydrogens (tertiary/aromatic N) is 2. The molecule has 1 aliphatic carbocycles. The Hall–Kier alpha value is -4.75. The van der Waals surface area contributed by atoms with E-state index < -0.39 is 36.2 Å². The van der Waals surface area contributed by atoms with Crippen molar-refractivity contribution in [2.24, 2.45) is 5.92 Å². The highest BCUT2D eigenvalue weighted by atomic mass is 19.3. The summed E-state index contributed by atoms with van der Waals surface area (Å²) in [6, 6.07) is 7.98. The lowest BCUT2D eigenvalue weighted by Crippen LogP contribution is -2.34. The summed E-state index contributed by atoms with van der Waals surface area (Å²) in [6.07, 6.45) is 2.85. The molecule has 4 rings (SSSR count). The molecule has 1 fully saturated rings. The first-order valence-electron chi connectivity index (χ1n) is 15.5. The first-order valence-corrected chi connectivity index (χ1v) is 15.5. The van der Waals surface area contributed by atoms with E-state index >= 15 is 0 Å². The van der Waals surface area contributed by atoms with Crippen molar-refractivity contribution < 1.29 is 46.5 Å². The number of unbranched alkanes of at least 4 members (excludes halogenated alkanes) is 1. The Morgan fingerprint density at radius 2 is 1.81 bits per heavy atom. The number of nitrogens with one attached hydrogen (secondary N) is 2. The molecule has 2 aromatic heterocycles. The molecule has 47 heavy (non-hydrogen) atoms. The summed E-state index contributed by atoms with van der Waals surface area (Å²) in [7, 11) is 0. The summed E-state index contributed by atoms with van der Waals surface area (Å²) in [5.74, 6) is -0.623. The summed E-state index contributed by atoms with van der Waals surface area (Å²) >= 11 is 0. The molecule has 12 nitrogen and oxygen atoms in total. The fourth-order valence-electron chi connectivity index (χ4n) is 4.25. The van der Waals surface area contributed by atoms with Crippen molar-refractivity contribution in [1.82, 2.24) is 20.6 Å². The first-order chi connectivity index (χ1) is 22.3. The van der Waals surface area contributed by atoms with E-state index in [1.165, 1.54) is 36.4 Å².